The van der Waals surface area contributed by atoms with E-state index >= 15 is 0 Å². The number of rotatable bonds is 5. The first-order chi connectivity index (χ1) is 21.2. The molecule has 0 saturated carbocycles. The Labute approximate surface area is 257 Å². The zero-order valence-corrected chi connectivity index (χ0v) is 25.5. The lowest BCUT2D eigenvalue weighted by Crippen LogP contribution is -2.46. The highest BCUT2D eigenvalue weighted by atomic mass is 16.6. The van der Waals surface area contributed by atoms with Crippen molar-refractivity contribution in [1.82, 2.24) is 15.0 Å². The summed E-state index contributed by atoms with van der Waals surface area (Å²) in [6, 6.07) is 8.39. The van der Waals surface area contributed by atoms with Gasteiger partial charge in [-0.25, -0.2) is 15.0 Å². The Morgan fingerprint density at radius 2 is 2.11 bits per heavy atom. The van der Waals surface area contributed by atoms with Crippen molar-refractivity contribution in [3.63, 3.8) is 0 Å². The largest absolute Gasteiger partial charge is 0.489 e. The molecule has 0 amide bonds. The minimum atomic E-state index is -0.516. The van der Waals surface area contributed by atoms with Crippen LogP contribution in [0.4, 0.5) is 17.3 Å². The van der Waals surface area contributed by atoms with Gasteiger partial charge >= 0.3 is 5.97 Å². The molecule has 9 heteroatoms. The maximum absolute atomic E-state index is 13.0. The highest BCUT2D eigenvalue weighted by Gasteiger charge is 2.40. The van der Waals surface area contributed by atoms with Gasteiger partial charge in [0.1, 0.15) is 23.5 Å². The number of aryl methyl sites for hydroxylation is 1. The quantitative estimate of drug-likeness (QED) is 0.294. The number of nitrogens with one attached hydrogen (secondary N) is 1. The number of ether oxygens (including phenoxy) is 2. The van der Waals surface area contributed by atoms with Crippen molar-refractivity contribution in [2.75, 3.05) is 29.9 Å². The fourth-order valence-electron chi connectivity index (χ4n) is 6.28. The number of pyridine rings is 1. The Morgan fingerprint density at radius 3 is 2.95 bits per heavy atom. The van der Waals surface area contributed by atoms with Gasteiger partial charge < -0.3 is 19.7 Å². The molecule has 3 aromatic rings. The van der Waals surface area contributed by atoms with E-state index in [1.165, 1.54) is 16.7 Å². The lowest BCUT2D eigenvalue weighted by Gasteiger charge is -2.36. The summed E-state index contributed by atoms with van der Waals surface area (Å²) in [7, 11) is 0. The van der Waals surface area contributed by atoms with E-state index in [9.17, 15) is 4.79 Å². The first-order valence-corrected chi connectivity index (χ1v) is 15.2. The number of hydrogen-bond acceptors (Lipinski definition) is 9. The van der Waals surface area contributed by atoms with Crippen LogP contribution >= 0.6 is 0 Å². The van der Waals surface area contributed by atoms with Crippen LogP contribution < -0.4 is 15.0 Å². The molecule has 1 aliphatic carbocycles. The van der Waals surface area contributed by atoms with Gasteiger partial charge in [-0.2, -0.15) is 0 Å². The summed E-state index contributed by atoms with van der Waals surface area (Å²) in [5.41, 5.74) is 9.88. The monoisotopic (exact) mass is 588 g/mol. The third-order valence-corrected chi connectivity index (χ3v) is 8.48. The lowest BCUT2D eigenvalue weighted by molar-refractivity contribution is -0.163. The lowest BCUT2D eigenvalue weighted by atomic mass is 9.86. The summed E-state index contributed by atoms with van der Waals surface area (Å²) in [6.45, 7) is 9.64. The number of aromatic nitrogens is 3. The van der Waals surface area contributed by atoms with Crippen molar-refractivity contribution < 1.29 is 14.3 Å². The van der Waals surface area contributed by atoms with E-state index in [0.29, 0.717) is 48.7 Å². The van der Waals surface area contributed by atoms with Crippen molar-refractivity contribution in [3.05, 3.63) is 82.9 Å². The molecule has 0 spiro atoms. The molecule has 3 atom stereocenters. The van der Waals surface area contributed by atoms with Crippen LogP contribution in [-0.4, -0.2) is 58.5 Å². The number of esters is 1. The van der Waals surface area contributed by atoms with Crippen LogP contribution in [0, 0.1) is 18.8 Å². The van der Waals surface area contributed by atoms with Crippen LogP contribution in [0.25, 0.3) is 11.0 Å². The number of aliphatic imine (C=N–C) groups is 1. The molecule has 4 aliphatic rings. The Morgan fingerprint density at radius 1 is 1.23 bits per heavy atom. The zero-order valence-electron chi connectivity index (χ0n) is 25.5. The van der Waals surface area contributed by atoms with Gasteiger partial charge in [0.15, 0.2) is 17.4 Å². The Hall–Kier alpha value is -4.75. The highest BCUT2D eigenvalue weighted by molar-refractivity contribution is 5.90. The third kappa shape index (κ3) is 5.63. The van der Waals surface area contributed by atoms with Crippen molar-refractivity contribution >= 4 is 40.5 Å². The van der Waals surface area contributed by atoms with E-state index in [1.807, 2.05) is 32.9 Å². The van der Waals surface area contributed by atoms with Crippen molar-refractivity contribution in [2.45, 2.75) is 52.2 Å². The van der Waals surface area contributed by atoms with E-state index in [4.69, 9.17) is 14.5 Å². The maximum atomic E-state index is 13.0. The van der Waals surface area contributed by atoms with E-state index in [-0.39, 0.29) is 23.8 Å². The summed E-state index contributed by atoms with van der Waals surface area (Å²) >= 11 is 0. The van der Waals surface area contributed by atoms with Gasteiger partial charge in [0.25, 0.3) is 0 Å². The molecule has 2 aromatic heterocycles. The molecule has 1 fully saturated rings. The second kappa shape index (κ2) is 11.1. The van der Waals surface area contributed by atoms with E-state index in [0.717, 1.165) is 23.5 Å². The van der Waals surface area contributed by atoms with Crippen molar-refractivity contribution in [2.24, 2.45) is 16.8 Å². The highest BCUT2D eigenvalue weighted by Crippen LogP contribution is 2.39. The summed E-state index contributed by atoms with van der Waals surface area (Å²) in [5.74, 6) is 1.74. The van der Waals surface area contributed by atoms with Gasteiger partial charge in [-0.3, -0.25) is 9.79 Å². The fraction of sp³-hybridized carbons (Fsp3) is 0.371. The number of allylic oxidation sites excluding steroid dienone is 2. The average molecular weight is 589 g/mol. The Kier molecular flexibility index (Phi) is 7.05. The molecular formula is C35H36N6O3. The van der Waals surface area contributed by atoms with E-state index in [1.54, 1.807) is 12.5 Å². The minimum absolute atomic E-state index is 0.0201. The number of hydrogen-bond donors (Lipinski definition) is 1. The summed E-state index contributed by atoms with van der Waals surface area (Å²) in [6.07, 6.45) is 13.2. The van der Waals surface area contributed by atoms with Gasteiger partial charge in [0, 0.05) is 42.5 Å². The average Bonchev–Trinajstić information content (AvgIpc) is 3.12. The number of nitrogens with zero attached hydrogens (tertiary/aromatic N) is 5. The molecule has 7 rings (SSSR count). The number of anilines is 3. The molecule has 44 heavy (non-hydrogen) atoms. The summed E-state index contributed by atoms with van der Waals surface area (Å²) in [4.78, 5) is 33.7. The van der Waals surface area contributed by atoms with Gasteiger partial charge in [-0.05, 0) is 81.5 Å². The smallest absolute Gasteiger partial charge is 0.310 e. The van der Waals surface area contributed by atoms with E-state index in [2.05, 4.69) is 74.3 Å². The van der Waals surface area contributed by atoms with Crippen LogP contribution in [0.15, 0.2) is 76.8 Å². The third-order valence-electron chi connectivity index (χ3n) is 8.48. The molecule has 5 heterocycles. The number of carbonyl (C=O) groups is 1. The van der Waals surface area contributed by atoms with Gasteiger partial charge in [-0.1, -0.05) is 18.2 Å². The minimum Gasteiger partial charge on any atom is -0.489 e. The number of carbonyl (C=O) groups excluding carboxylic acids is 1. The summed E-state index contributed by atoms with van der Waals surface area (Å²) in [5, 5.41) is 3.48. The van der Waals surface area contributed by atoms with Crippen LogP contribution in [0.1, 0.15) is 38.3 Å². The van der Waals surface area contributed by atoms with Gasteiger partial charge in [0.2, 0.25) is 0 Å². The standard InChI is InChI=1S/C35H36N6O3/c1-21-14-26(9-8-23(21)15-22-7-10-28-24(16-22)6-5-12-36-28)39-32-31-29(37-20-38-32)17-30-33(40-31)41-13-11-27(25(18-41)19-43-30)34(42)44-35(2,3)4/h5,7-10,12,14,16-17,20,25,27-28H,11,13,15,18-19H2,1-4H3,(H,37,38,39)/t25-,27?,28?/m0/s1. The maximum Gasteiger partial charge on any atom is 0.310 e. The molecular weight excluding hydrogens is 552 g/mol. The first kappa shape index (κ1) is 28.0. The second-order valence-electron chi connectivity index (χ2n) is 12.9. The fourth-order valence-corrected chi connectivity index (χ4v) is 6.28. The Bertz CT molecular complexity index is 1810. The number of benzene rings is 1. The molecule has 1 aromatic carbocycles. The van der Waals surface area contributed by atoms with Crippen LogP contribution in [0.2, 0.25) is 0 Å². The molecule has 1 saturated heterocycles. The molecule has 0 radical (unpaired) electrons. The normalized spacial score (nSPS) is 21.9. The molecule has 3 aliphatic heterocycles. The molecule has 1 N–H and O–H groups in total. The SMILES string of the molecule is Cc1cc(Nc2ncnc3cc4c(nc23)N2CCC(C(=O)OC(C)(C)C)[C@H](CO4)C2)ccc1CC1=CC2=C=CC=NC2C=C1. The molecule has 2 bridgehead atoms. The number of fused-ring (bicyclic) bond motifs is 6. The van der Waals surface area contributed by atoms with Crippen LogP contribution in [0.5, 0.6) is 5.75 Å². The summed E-state index contributed by atoms with van der Waals surface area (Å²) < 4.78 is 12.0. The predicted molar refractivity (Wildman–Crippen MR) is 172 cm³/mol. The molecule has 9 nitrogen and oxygen atoms in total. The van der Waals surface area contributed by atoms with Gasteiger partial charge in [-0.15, -0.1) is 5.73 Å². The zero-order chi connectivity index (χ0) is 30.4. The van der Waals surface area contributed by atoms with Crippen LogP contribution in [0.3, 0.4) is 0 Å². The topological polar surface area (TPSA) is 102 Å². The van der Waals surface area contributed by atoms with Crippen LogP contribution in [-0.2, 0) is 16.0 Å². The Balaban J connectivity index is 1.10. The second-order valence-corrected chi connectivity index (χ2v) is 12.9. The van der Waals surface area contributed by atoms with Crippen molar-refractivity contribution in [1.29, 1.82) is 0 Å². The molecule has 224 valence electrons. The first-order valence-electron chi connectivity index (χ1n) is 15.2. The predicted octanol–water partition coefficient (Wildman–Crippen LogP) is 5.83. The van der Waals surface area contributed by atoms with E-state index < -0.39 is 5.60 Å². The number of piperidine rings is 1. The van der Waals surface area contributed by atoms with Gasteiger partial charge in [0.05, 0.1) is 18.0 Å². The van der Waals surface area contributed by atoms with Crippen molar-refractivity contribution in [3.8, 4) is 5.75 Å². The molecule has 2 unspecified atom stereocenters.